The summed E-state index contributed by atoms with van der Waals surface area (Å²) in [5.41, 5.74) is 0.948. The topological polar surface area (TPSA) is 84.5 Å². The van der Waals surface area contributed by atoms with E-state index in [2.05, 4.69) is 17.2 Å². The van der Waals surface area contributed by atoms with Crippen LogP contribution in [0, 0.1) is 5.92 Å². The molecule has 2 amide bonds. The minimum atomic E-state index is -0.694. The lowest BCUT2D eigenvalue weighted by Gasteiger charge is -2.26. The summed E-state index contributed by atoms with van der Waals surface area (Å²) >= 11 is 0. The highest BCUT2D eigenvalue weighted by Crippen LogP contribution is 2.23. The average molecular weight is 384 g/mol. The fraction of sp³-hybridized carbons (Fsp3) is 0.409. The van der Waals surface area contributed by atoms with Gasteiger partial charge in [-0.25, -0.2) is 0 Å². The number of amides is 2. The summed E-state index contributed by atoms with van der Waals surface area (Å²) in [4.78, 5) is 36.9. The van der Waals surface area contributed by atoms with Gasteiger partial charge in [0.2, 0.25) is 11.8 Å². The zero-order chi connectivity index (χ0) is 20.4. The molecule has 2 rings (SSSR count). The first-order valence-corrected chi connectivity index (χ1v) is 9.59. The SMILES string of the molecule is C=CC[C@@H]1NC(=O)CCCOC(=O)C/C=C/[C@H](C)[C@H](c2ccccc2)NC1=O. The Bertz CT molecular complexity index is 715. The van der Waals surface area contributed by atoms with Gasteiger partial charge in [-0.3, -0.25) is 14.4 Å². The molecule has 0 spiro atoms. The van der Waals surface area contributed by atoms with Gasteiger partial charge in [0, 0.05) is 6.42 Å². The van der Waals surface area contributed by atoms with E-state index in [1.807, 2.05) is 43.3 Å². The second-order valence-electron chi connectivity index (χ2n) is 6.86. The Kier molecular flexibility index (Phi) is 8.46. The summed E-state index contributed by atoms with van der Waals surface area (Å²) in [5.74, 6) is -0.909. The van der Waals surface area contributed by atoms with E-state index < -0.39 is 6.04 Å². The molecule has 2 N–H and O–H groups in total. The summed E-state index contributed by atoms with van der Waals surface area (Å²) in [7, 11) is 0. The summed E-state index contributed by atoms with van der Waals surface area (Å²) in [6, 6.07) is 8.63. The van der Waals surface area contributed by atoms with Crippen LogP contribution in [0.5, 0.6) is 0 Å². The van der Waals surface area contributed by atoms with Gasteiger partial charge in [-0.15, -0.1) is 6.58 Å². The molecule has 6 nitrogen and oxygen atoms in total. The molecule has 150 valence electrons. The Labute approximate surface area is 166 Å². The monoisotopic (exact) mass is 384 g/mol. The third-order valence-electron chi connectivity index (χ3n) is 4.57. The summed E-state index contributed by atoms with van der Waals surface area (Å²) in [5, 5.41) is 5.80. The maximum absolute atomic E-state index is 12.9. The van der Waals surface area contributed by atoms with Crippen molar-refractivity contribution in [3.8, 4) is 0 Å². The zero-order valence-corrected chi connectivity index (χ0v) is 16.2. The van der Waals surface area contributed by atoms with Crippen LogP contribution in [-0.2, 0) is 19.1 Å². The molecule has 28 heavy (non-hydrogen) atoms. The lowest BCUT2D eigenvalue weighted by molar-refractivity contribution is -0.143. The molecular weight excluding hydrogens is 356 g/mol. The van der Waals surface area contributed by atoms with Gasteiger partial charge >= 0.3 is 5.97 Å². The van der Waals surface area contributed by atoms with Crippen molar-refractivity contribution in [1.29, 1.82) is 0 Å². The molecule has 0 bridgehead atoms. The number of ether oxygens (including phenoxy) is 1. The third-order valence-corrected chi connectivity index (χ3v) is 4.57. The van der Waals surface area contributed by atoms with Crippen molar-refractivity contribution < 1.29 is 19.1 Å². The lowest BCUT2D eigenvalue weighted by Crippen LogP contribution is -2.48. The van der Waals surface area contributed by atoms with E-state index >= 15 is 0 Å². The van der Waals surface area contributed by atoms with Crippen molar-refractivity contribution in [3.63, 3.8) is 0 Å². The van der Waals surface area contributed by atoms with Gasteiger partial charge in [-0.2, -0.15) is 0 Å². The molecule has 0 radical (unpaired) electrons. The molecule has 0 aromatic heterocycles. The molecule has 0 saturated heterocycles. The predicted octanol–water partition coefficient (Wildman–Crippen LogP) is 2.82. The molecule has 3 atom stereocenters. The zero-order valence-electron chi connectivity index (χ0n) is 16.2. The Balaban J connectivity index is 2.28. The van der Waals surface area contributed by atoms with Crippen LogP contribution in [0.15, 0.2) is 55.1 Å². The van der Waals surface area contributed by atoms with E-state index in [1.165, 1.54) is 0 Å². The van der Waals surface area contributed by atoms with E-state index in [9.17, 15) is 14.4 Å². The number of rotatable bonds is 3. The van der Waals surface area contributed by atoms with E-state index in [0.29, 0.717) is 12.8 Å². The number of hydrogen-bond donors (Lipinski definition) is 2. The number of carbonyl (C=O) groups excluding carboxylic acids is 3. The number of nitrogens with one attached hydrogen (secondary N) is 2. The predicted molar refractivity (Wildman–Crippen MR) is 107 cm³/mol. The summed E-state index contributed by atoms with van der Waals surface area (Å²) < 4.78 is 5.14. The first-order chi connectivity index (χ1) is 13.5. The van der Waals surface area contributed by atoms with Crippen molar-refractivity contribution in [1.82, 2.24) is 10.6 Å². The van der Waals surface area contributed by atoms with Crippen LogP contribution < -0.4 is 10.6 Å². The molecule has 1 aliphatic rings. The van der Waals surface area contributed by atoms with E-state index in [1.54, 1.807) is 12.2 Å². The number of benzene rings is 1. The maximum Gasteiger partial charge on any atom is 0.309 e. The minimum absolute atomic E-state index is 0.0654. The van der Waals surface area contributed by atoms with Crippen LogP contribution in [-0.4, -0.2) is 30.4 Å². The van der Waals surface area contributed by atoms with Crippen molar-refractivity contribution in [2.24, 2.45) is 5.92 Å². The maximum atomic E-state index is 12.9. The second kappa shape index (κ2) is 11.1. The number of esters is 1. The molecule has 1 aliphatic heterocycles. The highest BCUT2D eigenvalue weighted by atomic mass is 16.5. The van der Waals surface area contributed by atoms with Crippen molar-refractivity contribution in [2.75, 3.05) is 6.61 Å². The molecule has 6 heteroatoms. The van der Waals surface area contributed by atoms with Crippen LogP contribution in [0.2, 0.25) is 0 Å². The summed E-state index contributed by atoms with van der Waals surface area (Å²) in [6.45, 7) is 5.84. The molecule has 0 aliphatic carbocycles. The van der Waals surface area contributed by atoms with Gasteiger partial charge in [0.1, 0.15) is 6.04 Å². The quantitative estimate of drug-likeness (QED) is 0.620. The third kappa shape index (κ3) is 6.68. The standard InChI is InChI=1S/C22H28N2O4/c1-3-9-18-22(27)24-21(17-11-5-4-6-12-17)16(2)10-7-14-20(26)28-15-8-13-19(25)23-18/h3-7,10-12,16,18,21H,1,8-9,13-15H2,2H3,(H,23,25)(H,24,27)/b10-7+/t16-,18-,21+/m0/s1. The molecule has 1 aromatic carbocycles. The van der Waals surface area contributed by atoms with Crippen molar-refractivity contribution >= 4 is 17.8 Å². The lowest BCUT2D eigenvalue weighted by atomic mass is 9.93. The van der Waals surface area contributed by atoms with Crippen molar-refractivity contribution in [2.45, 2.75) is 44.7 Å². The van der Waals surface area contributed by atoms with Crippen LogP contribution in [0.1, 0.15) is 44.2 Å². The van der Waals surface area contributed by atoms with Gasteiger partial charge in [0.15, 0.2) is 0 Å². The molecule has 1 heterocycles. The van der Waals surface area contributed by atoms with Gasteiger partial charge in [-0.1, -0.05) is 55.5 Å². The molecule has 0 saturated carbocycles. The van der Waals surface area contributed by atoms with Gasteiger partial charge in [0.25, 0.3) is 0 Å². The number of hydrogen-bond acceptors (Lipinski definition) is 4. The minimum Gasteiger partial charge on any atom is -0.465 e. The van der Waals surface area contributed by atoms with Crippen LogP contribution >= 0.6 is 0 Å². The Morgan fingerprint density at radius 1 is 1.18 bits per heavy atom. The van der Waals surface area contributed by atoms with Gasteiger partial charge in [-0.05, 0) is 24.3 Å². The van der Waals surface area contributed by atoms with Crippen LogP contribution in [0.3, 0.4) is 0 Å². The van der Waals surface area contributed by atoms with Crippen LogP contribution in [0.25, 0.3) is 0 Å². The highest BCUT2D eigenvalue weighted by Gasteiger charge is 2.25. The number of cyclic esters (lactones) is 1. The Morgan fingerprint density at radius 3 is 2.64 bits per heavy atom. The summed E-state index contributed by atoms with van der Waals surface area (Å²) in [6.07, 6.45) is 6.36. The van der Waals surface area contributed by atoms with Gasteiger partial charge in [0.05, 0.1) is 19.1 Å². The average Bonchev–Trinajstić information content (AvgIpc) is 2.69. The molecular formula is C22H28N2O4. The van der Waals surface area contributed by atoms with E-state index in [-0.39, 0.29) is 49.2 Å². The van der Waals surface area contributed by atoms with E-state index in [4.69, 9.17) is 4.74 Å². The molecule has 0 unspecified atom stereocenters. The highest BCUT2D eigenvalue weighted by molar-refractivity contribution is 5.88. The van der Waals surface area contributed by atoms with Gasteiger partial charge < -0.3 is 15.4 Å². The van der Waals surface area contributed by atoms with Crippen LogP contribution in [0.4, 0.5) is 0 Å². The fourth-order valence-corrected chi connectivity index (χ4v) is 3.06. The first kappa shape index (κ1) is 21.4. The number of carbonyl (C=O) groups is 3. The molecule has 0 fully saturated rings. The smallest absolute Gasteiger partial charge is 0.309 e. The Hall–Kier alpha value is -2.89. The van der Waals surface area contributed by atoms with E-state index in [0.717, 1.165) is 5.56 Å². The molecule has 1 aromatic rings. The normalized spacial score (nSPS) is 26.0. The Morgan fingerprint density at radius 2 is 1.93 bits per heavy atom. The first-order valence-electron chi connectivity index (χ1n) is 9.59. The second-order valence-corrected chi connectivity index (χ2v) is 6.86. The van der Waals surface area contributed by atoms with Crippen molar-refractivity contribution in [3.05, 3.63) is 60.7 Å². The fourth-order valence-electron chi connectivity index (χ4n) is 3.06. The largest absolute Gasteiger partial charge is 0.465 e.